The van der Waals surface area contributed by atoms with Gasteiger partial charge in [-0.15, -0.1) is 23.1 Å². The van der Waals surface area contributed by atoms with Crippen LogP contribution in [-0.4, -0.2) is 21.6 Å². The van der Waals surface area contributed by atoms with E-state index in [1.165, 1.54) is 28.7 Å². The molecule has 0 saturated carbocycles. The number of aryl methyl sites for hydroxylation is 2. The van der Waals surface area contributed by atoms with Crippen LogP contribution in [0.3, 0.4) is 0 Å². The van der Waals surface area contributed by atoms with Crippen LogP contribution in [0.2, 0.25) is 0 Å². The van der Waals surface area contributed by atoms with Gasteiger partial charge in [0.05, 0.1) is 0 Å². The molecule has 1 aliphatic rings. The first-order chi connectivity index (χ1) is 8.75. The zero-order chi connectivity index (χ0) is 12.5. The topological polar surface area (TPSA) is 68.9 Å². The molecule has 2 heterocycles. The van der Waals surface area contributed by atoms with Gasteiger partial charge >= 0.3 is 0 Å². The summed E-state index contributed by atoms with van der Waals surface area (Å²) >= 11 is 3.39. The number of carbonyl (C=O) groups is 1. The standard InChI is InChI=1S/C12H13N3OS2/c13-9(16)4-5-17-11-10-7-2-1-3-8(7)18-12(10)15-6-14-11/h6H,1-5H2,(H2,13,16). The molecule has 1 aliphatic carbocycles. The first-order valence-corrected chi connectivity index (χ1v) is 7.72. The quantitative estimate of drug-likeness (QED) is 0.687. The number of primary amides is 1. The molecule has 1 amide bonds. The van der Waals surface area contributed by atoms with Gasteiger partial charge in [0.15, 0.2) is 0 Å². The third-order valence-electron chi connectivity index (χ3n) is 3.05. The maximum atomic E-state index is 10.8. The van der Waals surface area contributed by atoms with Gasteiger partial charge in [0.25, 0.3) is 0 Å². The van der Waals surface area contributed by atoms with Gasteiger partial charge in [-0.25, -0.2) is 9.97 Å². The predicted octanol–water partition coefficient (Wildman–Crippen LogP) is 2.15. The Morgan fingerprint density at radius 3 is 3.17 bits per heavy atom. The summed E-state index contributed by atoms with van der Waals surface area (Å²) in [6.07, 6.45) is 5.54. The van der Waals surface area contributed by atoms with E-state index in [0.29, 0.717) is 12.2 Å². The average molecular weight is 279 g/mol. The van der Waals surface area contributed by atoms with E-state index in [2.05, 4.69) is 9.97 Å². The molecule has 2 aromatic rings. The van der Waals surface area contributed by atoms with E-state index in [9.17, 15) is 4.79 Å². The van der Waals surface area contributed by atoms with Crippen LogP contribution < -0.4 is 5.73 Å². The lowest BCUT2D eigenvalue weighted by Gasteiger charge is -2.02. The molecule has 0 atom stereocenters. The van der Waals surface area contributed by atoms with Crippen LogP contribution >= 0.6 is 23.1 Å². The van der Waals surface area contributed by atoms with Crippen molar-refractivity contribution in [2.75, 3.05) is 5.75 Å². The summed E-state index contributed by atoms with van der Waals surface area (Å²) in [6, 6.07) is 0. The first kappa shape index (κ1) is 11.9. The third-order valence-corrected chi connectivity index (χ3v) is 5.24. The SMILES string of the molecule is NC(=O)CCSc1ncnc2sc3c(c12)CCC3. The molecule has 0 unspecified atom stereocenters. The van der Waals surface area contributed by atoms with Gasteiger partial charge < -0.3 is 5.73 Å². The molecule has 4 nitrogen and oxygen atoms in total. The van der Waals surface area contributed by atoms with Crippen LogP contribution in [0.4, 0.5) is 0 Å². The number of fused-ring (bicyclic) bond motifs is 3. The molecule has 0 fully saturated rings. The summed E-state index contributed by atoms with van der Waals surface area (Å²) in [4.78, 5) is 22.0. The molecule has 6 heteroatoms. The normalized spacial score (nSPS) is 14.0. The number of hydrogen-bond acceptors (Lipinski definition) is 5. The van der Waals surface area contributed by atoms with E-state index in [-0.39, 0.29) is 5.91 Å². The predicted molar refractivity (Wildman–Crippen MR) is 74.0 cm³/mol. The summed E-state index contributed by atoms with van der Waals surface area (Å²) in [7, 11) is 0. The number of rotatable bonds is 4. The van der Waals surface area contributed by atoms with E-state index in [4.69, 9.17) is 5.73 Å². The summed E-state index contributed by atoms with van der Waals surface area (Å²) in [5, 5.41) is 2.21. The fraction of sp³-hybridized carbons (Fsp3) is 0.417. The van der Waals surface area contributed by atoms with Crippen molar-refractivity contribution in [3.8, 4) is 0 Å². The fourth-order valence-corrected chi connectivity index (χ4v) is 4.53. The molecule has 0 radical (unpaired) electrons. The number of nitrogens with zero attached hydrogens (tertiary/aromatic N) is 2. The van der Waals surface area contributed by atoms with Gasteiger partial charge in [-0.2, -0.15) is 0 Å². The van der Waals surface area contributed by atoms with Crippen molar-refractivity contribution in [2.24, 2.45) is 5.73 Å². The Balaban J connectivity index is 1.93. The minimum absolute atomic E-state index is 0.261. The Bertz CT molecular complexity index is 609. The Kier molecular flexibility index (Phi) is 3.22. The van der Waals surface area contributed by atoms with E-state index in [1.807, 2.05) is 0 Å². The molecule has 0 aromatic carbocycles. The van der Waals surface area contributed by atoms with Crippen molar-refractivity contribution in [2.45, 2.75) is 30.7 Å². The number of thioether (sulfide) groups is 1. The van der Waals surface area contributed by atoms with E-state index in [1.54, 1.807) is 29.4 Å². The number of carbonyl (C=O) groups excluding carboxylic acids is 1. The van der Waals surface area contributed by atoms with Gasteiger partial charge in [0.1, 0.15) is 16.2 Å². The second-order valence-electron chi connectivity index (χ2n) is 4.28. The monoisotopic (exact) mass is 279 g/mol. The number of hydrogen-bond donors (Lipinski definition) is 1. The van der Waals surface area contributed by atoms with Crippen molar-refractivity contribution in [1.29, 1.82) is 0 Å². The molecule has 0 bridgehead atoms. The summed E-state index contributed by atoms with van der Waals surface area (Å²) < 4.78 is 0. The van der Waals surface area contributed by atoms with Crippen molar-refractivity contribution in [3.63, 3.8) is 0 Å². The van der Waals surface area contributed by atoms with Crippen LogP contribution in [0, 0.1) is 0 Å². The van der Waals surface area contributed by atoms with Crippen molar-refractivity contribution < 1.29 is 4.79 Å². The molecule has 3 rings (SSSR count). The second-order valence-corrected chi connectivity index (χ2v) is 6.45. The summed E-state index contributed by atoms with van der Waals surface area (Å²) in [5.41, 5.74) is 6.58. The van der Waals surface area contributed by atoms with E-state index in [0.717, 1.165) is 16.3 Å². The number of aromatic nitrogens is 2. The van der Waals surface area contributed by atoms with E-state index >= 15 is 0 Å². The van der Waals surface area contributed by atoms with Crippen LogP contribution in [0.1, 0.15) is 23.3 Å². The van der Waals surface area contributed by atoms with Crippen molar-refractivity contribution in [1.82, 2.24) is 9.97 Å². The van der Waals surface area contributed by atoms with Gasteiger partial charge in [0, 0.05) is 22.4 Å². The van der Waals surface area contributed by atoms with Crippen LogP contribution in [0.25, 0.3) is 10.2 Å². The number of amides is 1. The zero-order valence-corrected chi connectivity index (χ0v) is 11.4. The van der Waals surface area contributed by atoms with Crippen LogP contribution in [-0.2, 0) is 17.6 Å². The lowest BCUT2D eigenvalue weighted by atomic mass is 10.2. The van der Waals surface area contributed by atoms with Gasteiger partial charge in [-0.3, -0.25) is 4.79 Å². The first-order valence-electron chi connectivity index (χ1n) is 5.92. The Labute approximate surface area is 113 Å². The molecule has 2 aromatic heterocycles. The molecule has 0 spiro atoms. The highest BCUT2D eigenvalue weighted by molar-refractivity contribution is 7.99. The summed E-state index contributed by atoms with van der Waals surface area (Å²) in [6.45, 7) is 0. The fourth-order valence-electron chi connectivity index (χ4n) is 2.26. The number of nitrogens with two attached hydrogens (primary N) is 1. The minimum Gasteiger partial charge on any atom is -0.370 e. The Hall–Kier alpha value is -1.14. The third kappa shape index (κ3) is 2.10. The van der Waals surface area contributed by atoms with Crippen molar-refractivity contribution >= 4 is 39.2 Å². The maximum Gasteiger partial charge on any atom is 0.218 e. The Morgan fingerprint density at radius 2 is 2.33 bits per heavy atom. The molecule has 2 N–H and O–H groups in total. The molecule has 94 valence electrons. The lowest BCUT2D eigenvalue weighted by molar-refractivity contribution is -0.117. The smallest absolute Gasteiger partial charge is 0.218 e. The number of thiophene rings is 1. The zero-order valence-electron chi connectivity index (χ0n) is 9.81. The molecule has 18 heavy (non-hydrogen) atoms. The second kappa shape index (κ2) is 4.85. The molecular weight excluding hydrogens is 266 g/mol. The van der Waals surface area contributed by atoms with Crippen LogP contribution in [0.5, 0.6) is 0 Å². The van der Waals surface area contributed by atoms with E-state index < -0.39 is 0 Å². The van der Waals surface area contributed by atoms with Gasteiger partial charge in [-0.1, -0.05) is 0 Å². The average Bonchev–Trinajstić information content (AvgIpc) is 2.88. The Morgan fingerprint density at radius 1 is 1.44 bits per heavy atom. The van der Waals surface area contributed by atoms with Crippen LogP contribution in [0.15, 0.2) is 11.4 Å². The van der Waals surface area contributed by atoms with Crippen molar-refractivity contribution in [3.05, 3.63) is 16.8 Å². The molecule has 0 saturated heterocycles. The largest absolute Gasteiger partial charge is 0.370 e. The maximum absolute atomic E-state index is 10.8. The molecule has 0 aliphatic heterocycles. The highest BCUT2D eigenvalue weighted by Crippen LogP contribution is 2.39. The van der Waals surface area contributed by atoms with Gasteiger partial charge in [-0.05, 0) is 24.8 Å². The van der Waals surface area contributed by atoms with Gasteiger partial charge in [0.2, 0.25) is 5.91 Å². The summed E-state index contributed by atoms with van der Waals surface area (Å²) in [5.74, 6) is 0.426. The molecular formula is C12H13N3OS2. The highest BCUT2D eigenvalue weighted by Gasteiger charge is 2.21. The highest BCUT2D eigenvalue weighted by atomic mass is 32.2. The lowest BCUT2D eigenvalue weighted by Crippen LogP contribution is -2.10. The minimum atomic E-state index is -0.261.